The van der Waals surface area contributed by atoms with E-state index in [1.54, 1.807) is 6.07 Å². The molecule has 3 heteroatoms. The third-order valence-electron chi connectivity index (χ3n) is 2.83. The minimum Gasteiger partial charge on any atom is -0.478 e. The zero-order chi connectivity index (χ0) is 11.8. The van der Waals surface area contributed by atoms with Gasteiger partial charge in [0.25, 0.3) is 0 Å². The molecule has 0 saturated heterocycles. The lowest BCUT2D eigenvalue weighted by atomic mass is 9.76. The molecule has 2 rings (SSSR count). The molecular weight excluding hydrogens is 202 g/mol. The average molecular weight is 219 g/mol. The lowest BCUT2D eigenvalue weighted by Gasteiger charge is -2.29. The summed E-state index contributed by atoms with van der Waals surface area (Å²) >= 11 is 0. The van der Waals surface area contributed by atoms with Gasteiger partial charge in [-0.2, -0.15) is 0 Å². The average Bonchev–Trinajstić information content (AvgIpc) is 2.15. The first-order valence-corrected chi connectivity index (χ1v) is 5.68. The van der Waals surface area contributed by atoms with Crippen molar-refractivity contribution in [3.05, 3.63) is 23.4 Å². The van der Waals surface area contributed by atoms with Crippen molar-refractivity contribution in [1.29, 1.82) is 0 Å². The van der Waals surface area contributed by atoms with E-state index < -0.39 is 0 Å². The molecule has 0 aliphatic heterocycles. The lowest BCUT2D eigenvalue weighted by Crippen LogP contribution is -2.27. The van der Waals surface area contributed by atoms with Crippen molar-refractivity contribution >= 4 is 5.78 Å². The summed E-state index contributed by atoms with van der Waals surface area (Å²) in [5, 5.41) is 0. The number of ether oxygens (including phenoxy) is 1. The Balaban J connectivity index is 2.38. The van der Waals surface area contributed by atoms with Gasteiger partial charge in [-0.15, -0.1) is 0 Å². The second-order valence-corrected chi connectivity index (χ2v) is 5.02. The van der Waals surface area contributed by atoms with E-state index in [2.05, 4.69) is 18.8 Å². The number of carbonyl (C=O) groups is 1. The minimum atomic E-state index is 0.0158. The van der Waals surface area contributed by atoms with Gasteiger partial charge in [0, 0.05) is 18.1 Å². The van der Waals surface area contributed by atoms with Crippen LogP contribution in [0.1, 0.15) is 43.2 Å². The maximum absolute atomic E-state index is 11.9. The summed E-state index contributed by atoms with van der Waals surface area (Å²) in [6, 6.07) is 3.61. The van der Waals surface area contributed by atoms with Gasteiger partial charge in [0.1, 0.15) is 0 Å². The molecule has 0 aromatic carbocycles. The maximum atomic E-state index is 11.9. The van der Waals surface area contributed by atoms with Gasteiger partial charge in [-0.05, 0) is 24.8 Å². The first kappa shape index (κ1) is 11.1. The highest BCUT2D eigenvalue weighted by molar-refractivity contribution is 5.98. The molecule has 3 nitrogen and oxygen atoms in total. The number of hydrogen-bond acceptors (Lipinski definition) is 3. The summed E-state index contributed by atoms with van der Waals surface area (Å²) in [5.74, 6) is 0.813. The van der Waals surface area contributed by atoms with E-state index in [0.717, 1.165) is 17.7 Å². The summed E-state index contributed by atoms with van der Waals surface area (Å²) in [4.78, 5) is 16.3. The van der Waals surface area contributed by atoms with E-state index in [0.29, 0.717) is 18.9 Å². The highest BCUT2D eigenvalue weighted by Crippen LogP contribution is 2.34. The highest BCUT2D eigenvalue weighted by atomic mass is 16.5. The zero-order valence-electron chi connectivity index (χ0n) is 10.0. The van der Waals surface area contributed by atoms with Crippen molar-refractivity contribution in [3.63, 3.8) is 0 Å². The fourth-order valence-electron chi connectivity index (χ4n) is 2.14. The Morgan fingerprint density at radius 1 is 1.38 bits per heavy atom. The van der Waals surface area contributed by atoms with Crippen LogP contribution in [0.3, 0.4) is 0 Å². The number of fused-ring (bicyclic) bond motifs is 1. The van der Waals surface area contributed by atoms with Crippen molar-refractivity contribution in [3.8, 4) is 5.88 Å². The van der Waals surface area contributed by atoms with Crippen LogP contribution in [0.2, 0.25) is 0 Å². The molecule has 0 radical (unpaired) electrons. The summed E-state index contributed by atoms with van der Waals surface area (Å²) in [7, 11) is 0. The van der Waals surface area contributed by atoms with Crippen molar-refractivity contribution in [2.75, 3.05) is 6.61 Å². The smallest absolute Gasteiger partial charge is 0.213 e. The largest absolute Gasteiger partial charge is 0.478 e. The fraction of sp³-hybridized carbons (Fsp3) is 0.538. The van der Waals surface area contributed by atoms with Gasteiger partial charge in [-0.3, -0.25) is 4.79 Å². The topological polar surface area (TPSA) is 39.2 Å². The van der Waals surface area contributed by atoms with E-state index in [9.17, 15) is 4.79 Å². The molecule has 0 unspecified atom stereocenters. The zero-order valence-corrected chi connectivity index (χ0v) is 10.0. The molecule has 0 fully saturated rings. The van der Waals surface area contributed by atoms with Crippen LogP contribution in [0.15, 0.2) is 12.1 Å². The second-order valence-electron chi connectivity index (χ2n) is 5.02. The molecule has 1 aromatic heterocycles. The first-order valence-electron chi connectivity index (χ1n) is 5.68. The fourth-order valence-corrected chi connectivity index (χ4v) is 2.14. The predicted molar refractivity (Wildman–Crippen MR) is 61.8 cm³/mol. The Morgan fingerprint density at radius 2 is 2.12 bits per heavy atom. The molecule has 0 N–H and O–H groups in total. The number of aromatic nitrogens is 1. The number of Topliss-reactive ketones (excluding diaryl/α,β-unsaturated/α-hetero) is 1. The number of rotatable bonds is 2. The summed E-state index contributed by atoms with van der Waals surface area (Å²) in [6.45, 7) is 6.73. The van der Waals surface area contributed by atoms with Crippen LogP contribution in [0.4, 0.5) is 0 Å². The van der Waals surface area contributed by atoms with E-state index in [1.165, 1.54) is 0 Å². The van der Waals surface area contributed by atoms with Gasteiger partial charge in [0.2, 0.25) is 5.88 Å². The van der Waals surface area contributed by atoms with E-state index >= 15 is 0 Å². The maximum Gasteiger partial charge on any atom is 0.213 e. The molecule has 86 valence electrons. The molecule has 16 heavy (non-hydrogen) atoms. The van der Waals surface area contributed by atoms with Crippen LogP contribution < -0.4 is 4.74 Å². The molecule has 1 aromatic rings. The third-order valence-corrected chi connectivity index (χ3v) is 2.83. The molecule has 1 heterocycles. The van der Waals surface area contributed by atoms with Crippen LogP contribution in [0.5, 0.6) is 5.88 Å². The molecule has 0 spiro atoms. The highest BCUT2D eigenvalue weighted by Gasteiger charge is 2.31. The Hall–Kier alpha value is -1.38. The molecular formula is C13H17NO2. The number of nitrogens with zero attached hydrogens (tertiary/aromatic N) is 1. The van der Waals surface area contributed by atoms with Crippen LogP contribution in [-0.2, 0) is 6.42 Å². The van der Waals surface area contributed by atoms with Crippen LogP contribution >= 0.6 is 0 Å². The molecule has 1 aliphatic carbocycles. The Morgan fingerprint density at radius 3 is 2.81 bits per heavy atom. The Kier molecular flexibility index (Phi) is 2.70. The van der Waals surface area contributed by atoms with Gasteiger partial charge < -0.3 is 4.74 Å². The van der Waals surface area contributed by atoms with E-state index in [1.807, 2.05) is 13.0 Å². The number of ketones is 1. The summed E-state index contributed by atoms with van der Waals surface area (Å²) < 4.78 is 5.35. The number of carbonyl (C=O) groups excluding carboxylic acids is 1. The SMILES string of the molecule is CCOc1ccc2c(n1)CC(C)(C)CC2=O. The van der Waals surface area contributed by atoms with Crippen LogP contribution in [-0.4, -0.2) is 17.4 Å². The third kappa shape index (κ3) is 2.08. The Labute approximate surface area is 95.8 Å². The molecule has 0 atom stereocenters. The van der Waals surface area contributed by atoms with Crippen molar-refractivity contribution < 1.29 is 9.53 Å². The minimum absolute atomic E-state index is 0.0158. The number of hydrogen-bond donors (Lipinski definition) is 0. The number of pyridine rings is 1. The van der Waals surface area contributed by atoms with E-state index in [-0.39, 0.29) is 11.2 Å². The lowest BCUT2D eigenvalue weighted by molar-refractivity contribution is 0.0910. The molecule has 0 saturated carbocycles. The van der Waals surface area contributed by atoms with Crippen LogP contribution in [0, 0.1) is 5.41 Å². The standard InChI is InChI=1S/C13H17NO2/c1-4-16-12-6-5-9-10(14-12)7-13(2,3)8-11(9)15/h5-6H,4,7-8H2,1-3H3. The van der Waals surface area contributed by atoms with Crippen molar-refractivity contribution in [1.82, 2.24) is 4.98 Å². The summed E-state index contributed by atoms with van der Waals surface area (Å²) in [5.41, 5.74) is 1.66. The predicted octanol–water partition coefficient (Wildman–Crippen LogP) is 2.64. The van der Waals surface area contributed by atoms with Gasteiger partial charge in [-0.1, -0.05) is 13.8 Å². The summed E-state index contributed by atoms with van der Waals surface area (Å²) in [6.07, 6.45) is 1.45. The normalized spacial score (nSPS) is 18.1. The van der Waals surface area contributed by atoms with Crippen molar-refractivity contribution in [2.45, 2.75) is 33.6 Å². The molecule has 1 aliphatic rings. The Bertz CT molecular complexity index is 424. The first-order chi connectivity index (χ1) is 7.52. The second kappa shape index (κ2) is 3.89. The monoisotopic (exact) mass is 219 g/mol. The van der Waals surface area contributed by atoms with E-state index in [4.69, 9.17) is 4.74 Å². The van der Waals surface area contributed by atoms with Gasteiger partial charge in [0.05, 0.1) is 12.3 Å². The molecule has 0 bridgehead atoms. The van der Waals surface area contributed by atoms with Gasteiger partial charge in [0.15, 0.2) is 5.78 Å². The van der Waals surface area contributed by atoms with Crippen molar-refractivity contribution in [2.24, 2.45) is 5.41 Å². The van der Waals surface area contributed by atoms with Gasteiger partial charge >= 0.3 is 0 Å². The van der Waals surface area contributed by atoms with Crippen LogP contribution in [0.25, 0.3) is 0 Å². The quantitative estimate of drug-likeness (QED) is 0.767. The van der Waals surface area contributed by atoms with Gasteiger partial charge in [-0.25, -0.2) is 4.98 Å². The molecule has 0 amide bonds.